The minimum atomic E-state index is -0.123. The van der Waals surface area contributed by atoms with Crippen LogP contribution in [0, 0.1) is 0 Å². The molecular formula is C20H20N2O3S. The summed E-state index contributed by atoms with van der Waals surface area (Å²) in [6, 6.07) is 14.7. The quantitative estimate of drug-likeness (QED) is 0.812. The van der Waals surface area contributed by atoms with Crippen LogP contribution >= 0.6 is 11.8 Å². The van der Waals surface area contributed by atoms with Crippen molar-refractivity contribution >= 4 is 34.6 Å². The van der Waals surface area contributed by atoms with Crippen LogP contribution in [0.25, 0.3) is 6.08 Å². The Balaban J connectivity index is 2.00. The van der Waals surface area contributed by atoms with Gasteiger partial charge in [0.15, 0.2) is 16.7 Å². The zero-order valence-corrected chi connectivity index (χ0v) is 15.7. The number of aromatic hydroxyl groups is 1. The number of para-hydroxylation sites is 2. The second-order valence-corrected chi connectivity index (χ2v) is 7.02. The van der Waals surface area contributed by atoms with E-state index in [1.807, 2.05) is 44.2 Å². The van der Waals surface area contributed by atoms with E-state index in [1.54, 1.807) is 29.2 Å². The third-order valence-electron chi connectivity index (χ3n) is 3.87. The number of hydrogen-bond donors (Lipinski definition) is 1. The molecule has 1 aliphatic rings. The first-order valence-electron chi connectivity index (χ1n) is 8.24. The van der Waals surface area contributed by atoms with E-state index in [0.717, 1.165) is 5.69 Å². The van der Waals surface area contributed by atoms with Gasteiger partial charge in [0.1, 0.15) is 0 Å². The number of amidine groups is 1. The molecular weight excluding hydrogens is 348 g/mol. The molecule has 1 aliphatic heterocycles. The molecule has 2 aromatic rings. The van der Waals surface area contributed by atoms with Crippen LogP contribution in [0.1, 0.15) is 19.4 Å². The third kappa shape index (κ3) is 3.60. The highest BCUT2D eigenvalue weighted by molar-refractivity contribution is 8.18. The van der Waals surface area contributed by atoms with Gasteiger partial charge in [-0.2, -0.15) is 0 Å². The molecule has 26 heavy (non-hydrogen) atoms. The van der Waals surface area contributed by atoms with Crippen molar-refractivity contribution in [3.05, 3.63) is 59.0 Å². The molecule has 0 spiro atoms. The Morgan fingerprint density at radius 1 is 1.15 bits per heavy atom. The molecule has 6 heteroatoms. The largest absolute Gasteiger partial charge is 0.504 e. The van der Waals surface area contributed by atoms with Gasteiger partial charge in [0.2, 0.25) is 0 Å². The Labute approximate surface area is 157 Å². The summed E-state index contributed by atoms with van der Waals surface area (Å²) in [4.78, 5) is 19.7. The maximum atomic E-state index is 12.9. The number of aliphatic imine (C=N–C) groups is 1. The Morgan fingerprint density at radius 2 is 1.88 bits per heavy atom. The Kier molecular flexibility index (Phi) is 5.32. The molecule has 0 aromatic heterocycles. The van der Waals surface area contributed by atoms with Gasteiger partial charge in [0.05, 0.1) is 17.7 Å². The lowest BCUT2D eigenvalue weighted by Gasteiger charge is -2.19. The highest BCUT2D eigenvalue weighted by Gasteiger charge is 2.35. The van der Waals surface area contributed by atoms with Gasteiger partial charge in [0, 0.05) is 11.6 Å². The van der Waals surface area contributed by atoms with E-state index in [4.69, 9.17) is 4.74 Å². The van der Waals surface area contributed by atoms with Crippen LogP contribution in [-0.2, 0) is 4.79 Å². The van der Waals surface area contributed by atoms with Gasteiger partial charge in [0.25, 0.3) is 5.91 Å². The molecule has 0 saturated carbocycles. The summed E-state index contributed by atoms with van der Waals surface area (Å²) in [6.07, 6.45) is 1.67. The molecule has 134 valence electrons. The van der Waals surface area contributed by atoms with E-state index in [2.05, 4.69) is 4.99 Å². The van der Waals surface area contributed by atoms with Gasteiger partial charge in [-0.05, 0) is 49.9 Å². The molecule has 3 rings (SSSR count). The van der Waals surface area contributed by atoms with Crippen LogP contribution < -0.4 is 4.74 Å². The van der Waals surface area contributed by atoms with E-state index in [9.17, 15) is 9.90 Å². The second kappa shape index (κ2) is 7.66. The molecule has 1 heterocycles. The summed E-state index contributed by atoms with van der Waals surface area (Å²) in [5.41, 5.74) is 1.32. The van der Waals surface area contributed by atoms with Crippen molar-refractivity contribution in [2.45, 2.75) is 19.9 Å². The fourth-order valence-electron chi connectivity index (χ4n) is 2.59. The molecule has 0 unspecified atom stereocenters. The molecule has 0 atom stereocenters. The number of thioether (sulfide) groups is 1. The van der Waals surface area contributed by atoms with Crippen molar-refractivity contribution in [1.29, 1.82) is 0 Å². The summed E-state index contributed by atoms with van der Waals surface area (Å²) < 4.78 is 5.13. The number of methoxy groups -OCH3 is 1. The lowest BCUT2D eigenvalue weighted by Crippen LogP contribution is -2.35. The molecule has 0 bridgehead atoms. The average molecular weight is 368 g/mol. The lowest BCUT2D eigenvalue weighted by atomic mass is 10.1. The summed E-state index contributed by atoms with van der Waals surface area (Å²) in [5.74, 6) is 0.260. The molecule has 5 nitrogen and oxygen atoms in total. The van der Waals surface area contributed by atoms with Gasteiger partial charge in [-0.1, -0.05) is 30.3 Å². The molecule has 1 amide bonds. The first kappa shape index (κ1) is 18.1. The first-order chi connectivity index (χ1) is 12.5. The number of hydrogen-bond acceptors (Lipinski definition) is 5. The highest BCUT2D eigenvalue weighted by Crippen LogP contribution is 2.38. The van der Waals surface area contributed by atoms with Crippen LogP contribution in [0.4, 0.5) is 5.69 Å². The molecule has 1 N–H and O–H groups in total. The number of carbonyl (C=O) groups is 1. The lowest BCUT2D eigenvalue weighted by molar-refractivity contribution is -0.123. The van der Waals surface area contributed by atoms with Crippen molar-refractivity contribution < 1.29 is 14.6 Å². The second-order valence-electron chi connectivity index (χ2n) is 6.01. The minimum absolute atomic E-state index is 0.0143. The van der Waals surface area contributed by atoms with E-state index in [-0.39, 0.29) is 17.7 Å². The van der Waals surface area contributed by atoms with Gasteiger partial charge in [-0.3, -0.25) is 9.69 Å². The Bertz CT molecular complexity index is 876. The van der Waals surface area contributed by atoms with Crippen LogP contribution in [-0.4, -0.2) is 34.2 Å². The zero-order valence-electron chi connectivity index (χ0n) is 14.8. The van der Waals surface area contributed by atoms with E-state index in [1.165, 1.54) is 18.9 Å². The molecule has 1 saturated heterocycles. The molecule has 0 aliphatic carbocycles. The topological polar surface area (TPSA) is 62.1 Å². The highest BCUT2D eigenvalue weighted by atomic mass is 32.2. The molecule has 1 fully saturated rings. The first-order valence-corrected chi connectivity index (χ1v) is 9.05. The normalized spacial score (nSPS) is 17.5. The fourth-order valence-corrected chi connectivity index (χ4v) is 3.71. The third-order valence-corrected chi connectivity index (χ3v) is 4.85. The van der Waals surface area contributed by atoms with E-state index < -0.39 is 0 Å². The SMILES string of the molecule is COc1cccc(/C=C2/SC(=Nc3ccccc3)N(C(C)C)C2=O)c1O. The van der Waals surface area contributed by atoms with Gasteiger partial charge >= 0.3 is 0 Å². The number of benzene rings is 2. The molecule has 2 aromatic carbocycles. The monoisotopic (exact) mass is 368 g/mol. The number of nitrogens with zero attached hydrogens (tertiary/aromatic N) is 2. The summed E-state index contributed by atoms with van der Waals surface area (Å²) in [7, 11) is 1.49. The van der Waals surface area contributed by atoms with Gasteiger partial charge in [-0.15, -0.1) is 0 Å². The van der Waals surface area contributed by atoms with Crippen LogP contribution in [0.15, 0.2) is 58.4 Å². The van der Waals surface area contributed by atoms with Crippen LogP contribution in [0.2, 0.25) is 0 Å². The van der Waals surface area contributed by atoms with Crippen molar-refractivity contribution in [3.8, 4) is 11.5 Å². The summed E-state index contributed by atoms with van der Waals surface area (Å²) in [6.45, 7) is 3.90. The minimum Gasteiger partial charge on any atom is -0.504 e. The average Bonchev–Trinajstić information content (AvgIpc) is 2.93. The standard InChI is InChI=1S/C20H20N2O3S/c1-13(2)22-19(24)17(12-14-8-7-11-16(25-3)18(14)23)26-20(22)21-15-9-5-4-6-10-15/h4-13,23H,1-3H3/b17-12+,21-20?. The fraction of sp³-hybridized carbons (Fsp3) is 0.200. The Morgan fingerprint density at radius 3 is 2.54 bits per heavy atom. The zero-order chi connectivity index (χ0) is 18.7. The van der Waals surface area contributed by atoms with Crippen molar-refractivity contribution in [2.75, 3.05) is 7.11 Å². The summed E-state index contributed by atoms with van der Waals surface area (Å²) in [5, 5.41) is 10.9. The van der Waals surface area contributed by atoms with E-state index >= 15 is 0 Å². The Hall–Kier alpha value is -2.73. The number of phenols is 1. The van der Waals surface area contributed by atoms with Crippen LogP contribution in [0.3, 0.4) is 0 Å². The number of carbonyl (C=O) groups excluding carboxylic acids is 1. The predicted molar refractivity (Wildman–Crippen MR) is 106 cm³/mol. The van der Waals surface area contributed by atoms with Crippen LogP contribution in [0.5, 0.6) is 11.5 Å². The molecule has 0 radical (unpaired) electrons. The maximum Gasteiger partial charge on any atom is 0.266 e. The van der Waals surface area contributed by atoms with E-state index in [0.29, 0.717) is 21.4 Å². The van der Waals surface area contributed by atoms with Crippen molar-refractivity contribution in [3.63, 3.8) is 0 Å². The smallest absolute Gasteiger partial charge is 0.266 e. The maximum absolute atomic E-state index is 12.9. The number of rotatable bonds is 4. The summed E-state index contributed by atoms with van der Waals surface area (Å²) >= 11 is 1.30. The van der Waals surface area contributed by atoms with Crippen molar-refractivity contribution in [1.82, 2.24) is 4.90 Å². The predicted octanol–water partition coefficient (Wildman–Crippen LogP) is 4.41. The number of ether oxygens (including phenoxy) is 1. The van der Waals surface area contributed by atoms with Gasteiger partial charge in [-0.25, -0.2) is 4.99 Å². The van der Waals surface area contributed by atoms with Gasteiger partial charge < -0.3 is 9.84 Å². The number of phenolic OH excluding ortho intramolecular Hbond substituents is 1. The van der Waals surface area contributed by atoms with Crippen molar-refractivity contribution in [2.24, 2.45) is 4.99 Å². The number of amides is 1.